The Labute approximate surface area is 117 Å². The Kier molecular flexibility index (Phi) is 4.68. The van der Waals surface area contributed by atoms with Crippen molar-refractivity contribution in [1.82, 2.24) is 0 Å². The van der Waals surface area contributed by atoms with E-state index in [4.69, 9.17) is 4.74 Å². The van der Waals surface area contributed by atoms with E-state index in [9.17, 15) is 5.11 Å². The Morgan fingerprint density at radius 2 is 2.22 bits per heavy atom. The predicted molar refractivity (Wildman–Crippen MR) is 76.9 cm³/mol. The van der Waals surface area contributed by atoms with Crippen LogP contribution in [0.5, 0.6) is 5.75 Å². The highest BCUT2D eigenvalue weighted by atomic mass is 79.9. The quantitative estimate of drug-likeness (QED) is 0.916. The van der Waals surface area contributed by atoms with Crippen molar-refractivity contribution in [3.8, 4) is 5.75 Å². The van der Waals surface area contributed by atoms with E-state index in [1.807, 2.05) is 18.2 Å². The Morgan fingerprint density at radius 1 is 1.44 bits per heavy atom. The highest BCUT2D eigenvalue weighted by molar-refractivity contribution is 9.10. The van der Waals surface area contributed by atoms with Gasteiger partial charge in [0, 0.05) is 10.9 Å². The Hall–Kier alpha value is -0.540. The van der Waals surface area contributed by atoms with Crippen molar-refractivity contribution < 1.29 is 9.84 Å². The van der Waals surface area contributed by atoms with Crippen molar-refractivity contribution in [2.45, 2.75) is 38.7 Å². The molecule has 1 aliphatic carbocycles. The van der Waals surface area contributed by atoms with Gasteiger partial charge in [0.1, 0.15) is 5.75 Å². The second-order valence-corrected chi connectivity index (χ2v) is 6.22. The average Bonchev–Trinajstić information content (AvgIpc) is 2.76. The molecule has 0 bridgehead atoms. The lowest BCUT2D eigenvalue weighted by Gasteiger charge is -2.23. The molecule has 1 N–H and O–H groups in total. The van der Waals surface area contributed by atoms with Crippen LogP contribution in [0.25, 0.3) is 0 Å². The van der Waals surface area contributed by atoms with Crippen molar-refractivity contribution in [3.05, 3.63) is 28.2 Å². The molecule has 0 saturated heterocycles. The zero-order valence-electron chi connectivity index (χ0n) is 11.0. The number of hydrogen-bond donors (Lipinski definition) is 1. The summed E-state index contributed by atoms with van der Waals surface area (Å²) in [6, 6.07) is 5.96. The summed E-state index contributed by atoms with van der Waals surface area (Å²) in [4.78, 5) is 0. The first-order valence-corrected chi connectivity index (χ1v) is 7.41. The fourth-order valence-corrected chi connectivity index (χ4v) is 3.44. The molecule has 0 spiro atoms. The van der Waals surface area contributed by atoms with Gasteiger partial charge >= 0.3 is 0 Å². The van der Waals surface area contributed by atoms with Gasteiger partial charge in [-0.1, -0.05) is 35.7 Å². The summed E-state index contributed by atoms with van der Waals surface area (Å²) in [6.45, 7) is 2.25. The maximum absolute atomic E-state index is 10.4. The summed E-state index contributed by atoms with van der Waals surface area (Å²) >= 11 is 3.47. The molecule has 1 aromatic carbocycles. The lowest BCUT2D eigenvalue weighted by Crippen LogP contribution is -2.25. The molecule has 0 radical (unpaired) electrons. The molecule has 1 aliphatic rings. The van der Waals surface area contributed by atoms with Crippen LogP contribution in [0.2, 0.25) is 0 Å². The second kappa shape index (κ2) is 6.07. The van der Waals surface area contributed by atoms with Crippen LogP contribution in [-0.4, -0.2) is 18.3 Å². The maximum atomic E-state index is 10.4. The summed E-state index contributed by atoms with van der Waals surface area (Å²) in [5.41, 5.74) is 1.08. The van der Waals surface area contributed by atoms with Gasteiger partial charge in [-0.3, -0.25) is 0 Å². The third-order valence-corrected chi connectivity index (χ3v) is 4.59. The van der Waals surface area contributed by atoms with Gasteiger partial charge in [0.15, 0.2) is 0 Å². The summed E-state index contributed by atoms with van der Waals surface area (Å²) in [6.07, 6.45) is 4.07. The Bertz CT molecular complexity index is 405. The number of benzene rings is 1. The smallest absolute Gasteiger partial charge is 0.122 e. The topological polar surface area (TPSA) is 29.5 Å². The summed E-state index contributed by atoms with van der Waals surface area (Å²) in [7, 11) is 1.68. The number of aliphatic hydroxyl groups excluding tert-OH is 1. The van der Waals surface area contributed by atoms with Crippen LogP contribution < -0.4 is 4.74 Å². The van der Waals surface area contributed by atoms with Crippen molar-refractivity contribution in [2.75, 3.05) is 7.11 Å². The Morgan fingerprint density at radius 3 is 2.83 bits per heavy atom. The van der Waals surface area contributed by atoms with Crippen molar-refractivity contribution in [1.29, 1.82) is 0 Å². The third-order valence-electron chi connectivity index (χ3n) is 4.09. The van der Waals surface area contributed by atoms with Gasteiger partial charge in [0.2, 0.25) is 0 Å². The van der Waals surface area contributed by atoms with Crippen molar-refractivity contribution in [2.24, 2.45) is 11.8 Å². The molecule has 3 heteroatoms. The molecule has 2 nitrogen and oxygen atoms in total. The SMILES string of the molecule is COc1ccc(Br)cc1CC(O)C1CCCC1C. The zero-order chi connectivity index (χ0) is 13.1. The third kappa shape index (κ3) is 3.07. The molecule has 1 aromatic rings. The molecule has 1 saturated carbocycles. The monoisotopic (exact) mass is 312 g/mol. The molecule has 18 heavy (non-hydrogen) atoms. The van der Waals surface area contributed by atoms with Crippen LogP contribution in [0, 0.1) is 11.8 Å². The Balaban J connectivity index is 2.10. The molecule has 0 aliphatic heterocycles. The summed E-state index contributed by atoms with van der Waals surface area (Å²) in [5.74, 6) is 1.94. The van der Waals surface area contributed by atoms with Crippen LogP contribution in [0.1, 0.15) is 31.7 Å². The number of ether oxygens (including phenoxy) is 1. The molecule has 3 unspecified atom stereocenters. The highest BCUT2D eigenvalue weighted by Gasteiger charge is 2.30. The lowest BCUT2D eigenvalue weighted by molar-refractivity contribution is 0.0895. The predicted octanol–water partition coefficient (Wildman–Crippen LogP) is 3.80. The number of methoxy groups -OCH3 is 1. The largest absolute Gasteiger partial charge is 0.496 e. The molecule has 0 aromatic heterocycles. The van der Waals surface area contributed by atoms with E-state index in [-0.39, 0.29) is 6.10 Å². The van der Waals surface area contributed by atoms with E-state index in [2.05, 4.69) is 22.9 Å². The molecular formula is C15H21BrO2. The van der Waals surface area contributed by atoms with Gasteiger partial charge in [-0.2, -0.15) is 0 Å². The number of rotatable bonds is 4. The molecule has 0 amide bonds. The van der Waals surface area contributed by atoms with E-state index < -0.39 is 0 Å². The first-order chi connectivity index (χ1) is 8.61. The van der Waals surface area contributed by atoms with Gasteiger partial charge in [-0.25, -0.2) is 0 Å². The van der Waals surface area contributed by atoms with E-state index in [0.29, 0.717) is 18.3 Å². The number of hydrogen-bond acceptors (Lipinski definition) is 2. The fourth-order valence-electron chi connectivity index (χ4n) is 3.03. The number of halogens is 1. The first kappa shape index (κ1) is 13.9. The molecule has 3 atom stereocenters. The van der Waals surface area contributed by atoms with E-state index in [1.165, 1.54) is 12.8 Å². The second-order valence-electron chi connectivity index (χ2n) is 5.30. The van der Waals surface area contributed by atoms with E-state index in [1.54, 1.807) is 7.11 Å². The first-order valence-electron chi connectivity index (χ1n) is 6.62. The standard InChI is InChI=1S/C15H21BrO2/c1-10-4-3-5-13(10)14(17)9-11-8-12(16)6-7-15(11)18-2/h6-8,10,13-14,17H,3-5,9H2,1-2H3. The number of aliphatic hydroxyl groups is 1. The van der Waals surface area contributed by atoms with Crippen LogP contribution >= 0.6 is 15.9 Å². The van der Waals surface area contributed by atoms with Crippen LogP contribution in [0.15, 0.2) is 22.7 Å². The van der Waals surface area contributed by atoms with Crippen LogP contribution in [0.3, 0.4) is 0 Å². The van der Waals surface area contributed by atoms with E-state index >= 15 is 0 Å². The zero-order valence-corrected chi connectivity index (χ0v) is 12.6. The molecule has 1 fully saturated rings. The van der Waals surface area contributed by atoms with Gasteiger partial charge in [0.25, 0.3) is 0 Å². The molecule has 0 heterocycles. The van der Waals surface area contributed by atoms with Gasteiger partial charge in [-0.05, 0) is 42.0 Å². The highest BCUT2D eigenvalue weighted by Crippen LogP contribution is 2.35. The van der Waals surface area contributed by atoms with Gasteiger partial charge < -0.3 is 9.84 Å². The van der Waals surface area contributed by atoms with Gasteiger partial charge in [-0.15, -0.1) is 0 Å². The maximum Gasteiger partial charge on any atom is 0.122 e. The fraction of sp³-hybridized carbons (Fsp3) is 0.600. The van der Waals surface area contributed by atoms with Crippen LogP contribution in [-0.2, 0) is 6.42 Å². The van der Waals surface area contributed by atoms with Crippen molar-refractivity contribution in [3.63, 3.8) is 0 Å². The average molecular weight is 313 g/mol. The van der Waals surface area contributed by atoms with Crippen LogP contribution in [0.4, 0.5) is 0 Å². The summed E-state index contributed by atoms with van der Waals surface area (Å²) < 4.78 is 6.39. The minimum absolute atomic E-state index is 0.259. The minimum Gasteiger partial charge on any atom is -0.496 e. The molecule has 100 valence electrons. The molecule has 2 rings (SSSR count). The van der Waals surface area contributed by atoms with Gasteiger partial charge in [0.05, 0.1) is 13.2 Å². The van der Waals surface area contributed by atoms with Crippen molar-refractivity contribution >= 4 is 15.9 Å². The lowest BCUT2D eigenvalue weighted by atomic mass is 9.88. The minimum atomic E-state index is -0.259. The molecular weight excluding hydrogens is 292 g/mol. The summed E-state index contributed by atoms with van der Waals surface area (Å²) in [5, 5.41) is 10.4. The normalized spacial score (nSPS) is 25.1. The van der Waals surface area contributed by atoms with E-state index in [0.717, 1.165) is 22.2 Å².